The van der Waals surface area contributed by atoms with E-state index in [0.717, 1.165) is 0 Å². The summed E-state index contributed by atoms with van der Waals surface area (Å²) >= 11 is 0. The molecule has 0 spiro atoms. The van der Waals surface area contributed by atoms with E-state index in [4.69, 9.17) is 11.7 Å². The molecular weight excluding hydrogens is 104 g/mol. The van der Waals surface area contributed by atoms with E-state index in [1.54, 1.807) is 0 Å². The third kappa shape index (κ3) is 1.32. The normalized spacial score (nSPS) is 6.38. The molecule has 0 atom stereocenters. The minimum absolute atomic E-state index is 0.435. The van der Waals surface area contributed by atoms with E-state index >= 15 is 0 Å². The minimum Gasteiger partial charge on any atom is -0.273 e. The summed E-state index contributed by atoms with van der Waals surface area (Å²) in [6.45, 7) is 1.23. The van der Waals surface area contributed by atoms with Gasteiger partial charge in [0.15, 0.2) is 6.19 Å². The summed E-state index contributed by atoms with van der Waals surface area (Å²) in [5, 5.41) is 8.01. The number of carbonyl (C=O) groups is 1. The van der Waals surface area contributed by atoms with E-state index < -0.39 is 5.91 Å². The van der Waals surface area contributed by atoms with Crippen molar-refractivity contribution in [2.75, 3.05) is 0 Å². The van der Waals surface area contributed by atoms with Crippen molar-refractivity contribution in [2.24, 2.45) is 0 Å². The van der Waals surface area contributed by atoms with Crippen molar-refractivity contribution in [1.82, 2.24) is 4.90 Å². The van der Waals surface area contributed by atoms with Crippen molar-refractivity contribution in [3.05, 3.63) is 0 Å². The van der Waals surface area contributed by atoms with Gasteiger partial charge >= 0.3 is 0 Å². The molecule has 0 N–H and O–H groups in total. The van der Waals surface area contributed by atoms with Gasteiger partial charge in [-0.1, -0.05) is 6.42 Å². The Kier molecular flexibility index (Phi) is 2.16. The van der Waals surface area contributed by atoms with E-state index in [1.165, 1.54) is 13.1 Å². The maximum atomic E-state index is 10.2. The number of hydrogen-bond acceptors (Lipinski definition) is 2. The fourth-order valence-corrected chi connectivity index (χ4v) is 0.190. The Morgan fingerprint density at radius 3 is 2.38 bits per heavy atom. The van der Waals surface area contributed by atoms with E-state index in [0.29, 0.717) is 4.90 Å². The quantitative estimate of drug-likeness (QED) is 0.247. The lowest BCUT2D eigenvalue weighted by atomic mass is 10.6. The highest BCUT2D eigenvalue weighted by atomic mass is 16.2. The average Bonchev–Trinajstić information content (AvgIpc) is 1.69. The van der Waals surface area contributed by atoms with Gasteiger partial charge in [0, 0.05) is 13.0 Å². The first kappa shape index (κ1) is 6.52. The van der Waals surface area contributed by atoms with E-state index in [-0.39, 0.29) is 0 Å². The Bertz CT molecular complexity index is 158. The Morgan fingerprint density at radius 2 is 2.38 bits per heavy atom. The SMILES string of the molecule is C#CN(C#N)C(C)=O. The summed E-state index contributed by atoms with van der Waals surface area (Å²) in [5.41, 5.74) is 0. The van der Waals surface area contributed by atoms with E-state index in [1.807, 2.05) is 6.04 Å². The van der Waals surface area contributed by atoms with E-state index in [9.17, 15) is 4.79 Å². The van der Waals surface area contributed by atoms with Crippen molar-refractivity contribution < 1.29 is 4.79 Å². The lowest BCUT2D eigenvalue weighted by Gasteiger charge is -1.95. The molecule has 8 heavy (non-hydrogen) atoms. The summed E-state index contributed by atoms with van der Waals surface area (Å²) in [5.74, 6) is -0.435. The summed E-state index contributed by atoms with van der Waals surface area (Å²) in [7, 11) is 0. The topological polar surface area (TPSA) is 44.1 Å². The number of hydrogen-bond donors (Lipinski definition) is 0. The van der Waals surface area contributed by atoms with Gasteiger partial charge in [0.1, 0.15) is 0 Å². The van der Waals surface area contributed by atoms with Crippen LogP contribution in [-0.4, -0.2) is 10.8 Å². The Balaban J connectivity index is 4.02. The molecular formula is C5H4N2O. The Labute approximate surface area is 47.5 Å². The van der Waals surface area contributed by atoms with Crippen LogP contribution in [0.15, 0.2) is 0 Å². The molecule has 0 radical (unpaired) electrons. The van der Waals surface area contributed by atoms with Crippen molar-refractivity contribution in [2.45, 2.75) is 6.92 Å². The number of rotatable bonds is 0. The van der Waals surface area contributed by atoms with Crippen LogP contribution in [0.1, 0.15) is 6.92 Å². The molecule has 40 valence electrons. The number of terminal acetylenes is 1. The summed E-state index contributed by atoms with van der Waals surface area (Å²) in [6.07, 6.45) is 6.22. The van der Waals surface area contributed by atoms with Crippen LogP contribution in [0.4, 0.5) is 0 Å². The maximum absolute atomic E-state index is 10.2. The molecule has 0 aromatic carbocycles. The van der Waals surface area contributed by atoms with Gasteiger partial charge in [-0.25, -0.2) is 0 Å². The standard InChI is InChI=1S/C5H4N2O/c1-3-7(4-6)5(2)8/h1H,2H3. The Morgan fingerprint density at radius 1 is 1.88 bits per heavy atom. The second-order valence-corrected chi connectivity index (χ2v) is 1.08. The van der Waals surface area contributed by atoms with Gasteiger partial charge < -0.3 is 0 Å². The summed E-state index contributed by atoms with van der Waals surface area (Å²) in [6, 6.07) is 1.87. The number of amides is 1. The van der Waals surface area contributed by atoms with Crippen LogP contribution in [0.3, 0.4) is 0 Å². The highest BCUT2D eigenvalue weighted by Crippen LogP contribution is 1.78. The zero-order chi connectivity index (χ0) is 6.57. The van der Waals surface area contributed by atoms with Crippen LogP contribution >= 0.6 is 0 Å². The minimum atomic E-state index is -0.435. The largest absolute Gasteiger partial charge is 0.273 e. The second-order valence-electron chi connectivity index (χ2n) is 1.08. The van der Waals surface area contributed by atoms with Gasteiger partial charge in [-0.15, -0.1) is 0 Å². The molecule has 0 rings (SSSR count). The average molecular weight is 108 g/mol. The molecule has 3 heteroatoms. The predicted octanol–water partition coefficient (Wildman–Crippen LogP) is -0.0933. The predicted molar refractivity (Wildman–Crippen MR) is 27.0 cm³/mol. The summed E-state index contributed by atoms with van der Waals surface area (Å²) < 4.78 is 0. The molecule has 0 aromatic heterocycles. The Hall–Kier alpha value is -1.48. The molecule has 0 aliphatic rings. The van der Waals surface area contributed by atoms with Gasteiger partial charge in [0.2, 0.25) is 5.91 Å². The highest BCUT2D eigenvalue weighted by Gasteiger charge is 1.99. The van der Waals surface area contributed by atoms with Crippen molar-refractivity contribution in [3.8, 4) is 18.7 Å². The number of nitriles is 1. The first-order valence-corrected chi connectivity index (χ1v) is 1.89. The van der Waals surface area contributed by atoms with Crippen LogP contribution < -0.4 is 0 Å². The summed E-state index contributed by atoms with van der Waals surface area (Å²) in [4.78, 5) is 10.8. The second kappa shape index (κ2) is 2.65. The third-order valence-electron chi connectivity index (χ3n) is 0.544. The van der Waals surface area contributed by atoms with Crippen LogP contribution in [0.5, 0.6) is 0 Å². The van der Waals surface area contributed by atoms with Crippen LogP contribution in [0.25, 0.3) is 0 Å². The fourth-order valence-electron chi connectivity index (χ4n) is 0.190. The van der Waals surface area contributed by atoms with Gasteiger partial charge in [0.05, 0.1) is 0 Å². The third-order valence-corrected chi connectivity index (χ3v) is 0.544. The van der Waals surface area contributed by atoms with Gasteiger partial charge in [-0.05, 0) is 0 Å². The lowest BCUT2D eigenvalue weighted by Crippen LogP contribution is -2.15. The van der Waals surface area contributed by atoms with Gasteiger partial charge in [-0.2, -0.15) is 10.2 Å². The molecule has 0 saturated carbocycles. The number of nitrogens with zero attached hydrogens (tertiary/aromatic N) is 2. The molecule has 0 fully saturated rings. The molecule has 3 nitrogen and oxygen atoms in total. The molecule has 1 amide bonds. The molecule has 0 aliphatic carbocycles. The highest BCUT2D eigenvalue weighted by molar-refractivity contribution is 5.76. The molecule has 0 aliphatic heterocycles. The van der Waals surface area contributed by atoms with Crippen molar-refractivity contribution >= 4 is 5.91 Å². The van der Waals surface area contributed by atoms with Crippen LogP contribution in [0.2, 0.25) is 0 Å². The first-order chi connectivity index (χ1) is 3.72. The molecule has 0 aromatic rings. The molecule has 0 heterocycles. The van der Waals surface area contributed by atoms with E-state index in [2.05, 4.69) is 0 Å². The van der Waals surface area contributed by atoms with Crippen molar-refractivity contribution in [1.29, 1.82) is 5.26 Å². The fraction of sp³-hybridized carbons (Fsp3) is 0.200. The van der Waals surface area contributed by atoms with Gasteiger partial charge in [0.25, 0.3) is 0 Å². The number of carbonyl (C=O) groups excluding carboxylic acids is 1. The van der Waals surface area contributed by atoms with Gasteiger partial charge in [-0.3, -0.25) is 4.79 Å². The van der Waals surface area contributed by atoms with Crippen LogP contribution in [0, 0.1) is 23.9 Å². The zero-order valence-electron chi connectivity index (χ0n) is 4.38. The smallest absolute Gasteiger partial charge is 0.244 e. The lowest BCUT2D eigenvalue weighted by molar-refractivity contribution is -0.123. The monoisotopic (exact) mass is 108 g/mol. The first-order valence-electron chi connectivity index (χ1n) is 1.89. The molecule has 0 bridgehead atoms. The van der Waals surface area contributed by atoms with Crippen LogP contribution in [-0.2, 0) is 4.79 Å². The maximum Gasteiger partial charge on any atom is 0.244 e. The molecule has 0 saturated heterocycles. The zero-order valence-corrected chi connectivity index (χ0v) is 4.38. The van der Waals surface area contributed by atoms with Crippen molar-refractivity contribution in [3.63, 3.8) is 0 Å². The molecule has 0 unspecified atom stereocenters.